The molecule has 3 N–H and O–H groups in total. The molecule has 0 amide bonds. The number of rotatable bonds is 4. The van der Waals surface area contributed by atoms with E-state index in [1.165, 1.54) is 6.07 Å². The first-order valence-corrected chi connectivity index (χ1v) is 6.17. The fraction of sp³-hybridized carbons (Fsp3) is 0.133. The number of hydrogen-bond donors (Lipinski definition) is 2. The van der Waals surface area contributed by atoms with Crippen molar-refractivity contribution in [1.29, 1.82) is 0 Å². The van der Waals surface area contributed by atoms with Crippen molar-refractivity contribution in [2.45, 2.75) is 13.1 Å². The lowest BCUT2D eigenvalue weighted by molar-refractivity contribution is 0.507. The molecule has 0 bridgehead atoms. The number of nitrogens with one attached hydrogen (secondary N) is 1. The zero-order chi connectivity index (χ0) is 14.4. The van der Waals surface area contributed by atoms with Gasteiger partial charge in [-0.15, -0.1) is 0 Å². The Morgan fingerprint density at radius 2 is 1.75 bits per heavy atom. The summed E-state index contributed by atoms with van der Waals surface area (Å²) in [5.74, 6) is -1.49. The second-order valence-electron chi connectivity index (χ2n) is 4.29. The first-order chi connectivity index (χ1) is 9.65. The van der Waals surface area contributed by atoms with Crippen LogP contribution < -0.4 is 11.1 Å². The van der Waals surface area contributed by atoms with Crippen LogP contribution in [0.3, 0.4) is 0 Å². The lowest BCUT2D eigenvalue weighted by Gasteiger charge is -2.05. The minimum atomic E-state index is -0.881. The van der Waals surface area contributed by atoms with E-state index in [-0.39, 0.29) is 12.5 Å². The Kier molecular flexibility index (Phi) is 4.65. The molecule has 3 nitrogen and oxygen atoms in total. The minimum Gasteiger partial charge on any atom is -0.370 e. The Morgan fingerprint density at radius 1 is 1.00 bits per heavy atom. The fourth-order valence-electron chi connectivity index (χ4n) is 1.66. The third-order valence-corrected chi connectivity index (χ3v) is 2.73. The molecule has 0 heterocycles. The summed E-state index contributed by atoms with van der Waals surface area (Å²) in [7, 11) is 0. The summed E-state index contributed by atoms with van der Waals surface area (Å²) in [5, 5.41) is 2.96. The fourth-order valence-corrected chi connectivity index (χ4v) is 1.66. The molecule has 0 aliphatic carbocycles. The number of hydrogen-bond acceptors (Lipinski definition) is 1. The lowest BCUT2D eigenvalue weighted by Crippen LogP contribution is -2.31. The molecule has 0 aliphatic rings. The van der Waals surface area contributed by atoms with Gasteiger partial charge in [0.25, 0.3) is 0 Å². The maximum absolute atomic E-state index is 13.0. The van der Waals surface area contributed by atoms with Crippen LogP contribution in [0.2, 0.25) is 0 Å². The summed E-state index contributed by atoms with van der Waals surface area (Å²) in [6.07, 6.45) is 0. The molecule has 2 rings (SSSR count). The molecular weight excluding hydrogens is 260 g/mol. The number of halogens is 2. The van der Waals surface area contributed by atoms with Crippen molar-refractivity contribution in [1.82, 2.24) is 5.32 Å². The van der Waals surface area contributed by atoms with Crippen molar-refractivity contribution in [2.75, 3.05) is 0 Å². The highest BCUT2D eigenvalue weighted by atomic mass is 19.2. The predicted octanol–water partition coefficient (Wildman–Crippen LogP) is 2.57. The number of nitrogens with two attached hydrogens (primary N) is 1. The number of guanidine groups is 1. The summed E-state index contributed by atoms with van der Waals surface area (Å²) >= 11 is 0. The summed E-state index contributed by atoms with van der Waals surface area (Å²) < 4.78 is 25.8. The van der Waals surface area contributed by atoms with E-state index in [0.29, 0.717) is 12.1 Å². The lowest BCUT2D eigenvalue weighted by atomic mass is 10.2. The van der Waals surface area contributed by atoms with Crippen LogP contribution in [0.25, 0.3) is 0 Å². The van der Waals surface area contributed by atoms with Crippen LogP contribution in [-0.2, 0) is 13.1 Å². The van der Waals surface area contributed by atoms with Crippen LogP contribution in [0.15, 0.2) is 53.5 Å². The zero-order valence-electron chi connectivity index (χ0n) is 10.8. The highest BCUT2D eigenvalue weighted by Crippen LogP contribution is 2.09. The average molecular weight is 275 g/mol. The Morgan fingerprint density at radius 3 is 2.45 bits per heavy atom. The van der Waals surface area contributed by atoms with E-state index in [0.717, 1.165) is 17.7 Å². The van der Waals surface area contributed by atoms with Crippen LogP contribution in [0.5, 0.6) is 0 Å². The minimum absolute atomic E-state index is 0.199. The average Bonchev–Trinajstić information content (AvgIpc) is 2.47. The third kappa shape index (κ3) is 4.05. The van der Waals surface area contributed by atoms with Gasteiger partial charge in [-0.2, -0.15) is 0 Å². The molecular formula is C15H15F2N3. The summed E-state index contributed by atoms with van der Waals surface area (Å²) in [4.78, 5) is 4.07. The van der Waals surface area contributed by atoms with Gasteiger partial charge in [0.2, 0.25) is 0 Å². The van der Waals surface area contributed by atoms with E-state index >= 15 is 0 Å². The van der Waals surface area contributed by atoms with Crippen LogP contribution in [0.1, 0.15) is 11.1 Å². The highest BCUT2D eigenvalue weighted by molar-refractivity contribution is 5.77. The smallest absolute Gasteiger partial charge is 0.189 e. The van der Waals surface area contributed by atoms with Gasteiger partial charge in [-0.05, 0) is 23.3 Å². The first-order valence-electron chi connectivity index (χ1n) is 6.17. The van der Waals surface area contributed by atoms with Gasteiger partial charge < -0.3 is 11.1 Å². The quantitative estimate of drug-likeness (QED) is 0.665. The van der Waals surface area contributed by atoms with E-state index < -0.39 is 11.6 Å². The molecule has 2 aromatic rings. The Hall–Kier alpha value is -2.43. The van der Waals surface area contributed by atoms with E-state index in [9.17, 15) is 8.78 Å². The van der Waals surface area contributed by atoms with Gasteiger partial charge >= 0.3 is 0 Å². The number of benzene rings is 2. The summed E-state index contributed by atoms with van der Waals surface area (Å²) in [6, 6.07) is 13.4. The second kappa shape index (κ2) is 6.65. The SMILES string of the molecule is NC(=NCc1ccc(F)c(F)c1)NCc1ccccc1. The van der Waals surface area contributed by atoms with Crippen LogP contribution in [0, 0.1) is 11.6 Å². The highest BCUT2D eigenvalue weighted by Gasteiger charge is 2.02. The zero-order valence-corrected chi connectivity index (χ0v) is 10.8. The molecule has 0 atom stereocenters. The Bertz CT molecular complexity index is 597. The van der Waals surface area contributed by atoms with Crippen molar-refractivity contribution < 1.29 is 8.78 Å². The maximum Gasteiger partial charge on any atom is 0.189 e. The second-order valence-corrected chi connectivity index (χ2v) is 4.29. The molecule has 0 saturated carbocycles. The third-order valence-electron chi connectivity index (χ3n) is 2.73. The predicted molar refractivity (Wildman–Crippen MR) is 75.0 cm³/mol. The number of aliphatic imine (C=N–C) groups is 1. The van der Waals surface area contributed by atoms with E-state index in [2.05, 4.69) is 10.3 Å². The van der Waals surface area contributed by atoms with E-state index in [1.54, 1.807) is 0 Å². The molecule has 0 spiro atoms. The molecule has 20 heavy (non-hydrogen) atoms. The standard InChI is InChI=1S/C15H15F2N3/c16-13-7-6-12(8-14(13)17)10-20-15(18)19-9-11-4-2-1-3-5-11/h1-8H,9-10H2,(H3,18,19,20). The topological polar surface area (TPSA) is 50.4 Å². The van der Waals surface area contributed by atoms with Gasteiger partial charge in [0.1, 0.15) is 0 Å². The number of nitrogens with zero attached hydrogens (tertiary/aromatic N) is 1. The Labute approximate surface area is 116 Å². The van der Waals surface area contributed by atoms with Crippen molar-refractivity contribution >= 4 is 5.96 Å². The van der Waals surface area contributed by atoms with Crippen LogP contribution in [-0.4, -0.2) is 5.96 Å². The molecule has 0 aliphatic heterocycles. The van der Waals surface area contributed by atoms with Crippen molar-refractivity contribution in [2.24, 2.45) is 10.7 Å². The summed E-state index contributed by atoms with van der Waals surface area (Å²) in [5.41, 5.74) is 7.35. The monoisotopic (exact) mass is 275 g/mol. The Balaban J connectivity index is 1.89. The van der Waals surface area contributed by atoms with Crippen LogP contribution >= 0.6 is 0 Å². The van der Waals surface area contributed by atoms with Crippen molar-refractivity contribution in [3.63, 3.8) is 0 Å². The van der Waals surface area contributed by atoms with Gasteiger partial charge in [0.05, 0.1) is 6.54 Å². The van der Waals surface area contributed by atoms with Crippen molar-refractivity contribution in [3.8, 4) is 0 Å². The van der Waals surface area contributed by atoms with Gasteiger partial charge in [-0.25, -0.2) is 13.8 Å². The van der Waals surface area contributed by atoms with E-state index in [1.807, 2.05) is 30.3 Å². The molecule has 0 saturated heterocycles. The van der Waals surface area contributed by atoms with Gasteiger partial charge in [0, 0.05) is 6.54 Å². The molecule has 5 heteroatoms. The van der Waals surface area contributed by atoms with Gasteiger partial charge in [0.15, 0.2) is 17.6 Å². The largest absolute Gasteiger partial charge is 0.370 e. The van der Waals surface area contributed by atoms with Gasteiger partial charge in [-0.3, -0.25) is 0 Å². The maximum atomic E-state index is 13.0. The molecule has 104 valence electrons. The molecule has 0 unspecified atom stereocenters. The first kappa shape index (κ1) is 14.0. The summed E-state index contributed by atoms with van der Waals surface area (Å²) in [6.45, 7) is 0.763. The van der Waals surface area contributed by atoms with Crippen molar-refractivity contribution in [3.05, 3.63) is 71.3 Å². The molecule has 0 aromatic heterocycles. The molecule has 0 radical (unpaired) electrons. The normalized spacial score (nSPS) is 11.4. The van der Waals surface area contributed by atoms with E-state index in [4.69, 9.17) is 5.73 Å². The van der Waals surface area contributed by atoms with Crippen LogP contribution in [0.4, 0.5) is 8.78 Å². The molecule has 2 aromatic carbocycles. The molecule has 0 fully saturated rings. The van der Waals surface area contributed by atoms with Gasteiger partial charge in [-0.1, -0.05) is 36.4 Å².